The summed E-state index contributed by atoms with van der Waals surface area (Å²) >= 11 is 0. The Morgan fingerprint density at radius 3 is 2.72 bits per heavy atom. The minimum Gasteiger partial charge on any atom is -0.332 e. The average molecular weight is 337 g/mol. The van der Waals surface area contributed by atoms with Gasteiger partial charge < -0.3 is 16.0 Å². The number of carbonyl (C=O) groups excluding carboxylic acids is 2. The average Bonchev–Trinajstić information content (AvgIpc) is 2.97. The molecule has 0 spiro atoms. The Morgan fingerprint density at radius 1 is 1.12 bits per heavy atom. The van der Waals surface area contributed by atoms with Gasteiger partial charge in [0.25, 0.3) is 0 Å². The van der Waals surface area contributed by atoms with Gasteiger partial charge in [-0.2, -0.15) is 0 Å². The van der Waals surface area contributed by atoms with Crippen molar-refractivity contribution in [3.63, 3.8) is 0 Å². The molecule has 0 saturated heterocycles. The largest absolute Gasteiger partial charge is 0.332 e. The van der Waals surface area contributed by atoms with Crippen LogP contribution in [0.2, 0.25) is 0 Å². The van der Waals surface area contributed by atoms with Crippen molar-refractivity contribution < 1.29 is 9.59 Å². The van der Waals surface area contributed by atoms with Crippen molar-refractivity contribution in [2.75, 3.05) is 5.32 Å². The van der Waals surface area contributed by atoms with E-state index < -0.39 is 0 Å². The molecule has 0 aromatic heterocycles. The fraction of sp³-hybridized carbons (Fsp3) is 0.300. The smallest absolute Gasteiger partial charge is 0.315 e. The normalized spacial score (nSPS) is 16.6. The maximum atomic E-state index is 12.4. The Hall–Kier alpha value is -2.82. The van der Waals surface area contributed by atoms with Crippen molar-refractivity contribution in [1.29, 1.82) is 0 Å². The zero-order valence-electron chi connectivity index (χ0n) is 14.5. The second-order valence-electron chi connectivity index (χ2n) is 6.44. The van der Waals surface area contributed by atoms with Crippen LogP contribution in [0.3, 0.4) is 0 Å². The molecule has 0 fully saturated rings. The predicted octanol–water partition coefficient (Wildman–Crippen LogP) is 3.69. The highest BCUT2D eigenvalue weighted by Crippen LogP contribution is 2.30. The Labute approximate surface area is 147 Å². The van der Waals surface area contributed by atoms with E-state index in [0.717, 1.165) is 24.1 Å². The minimum absolute atomic E-state index is 0.0640. The van der Waals surface area contributed by atoms with Gasteiger partial charge in [0.1, 0.15) is 0 Å². The number of fused-ring (bicyclic) bond motifs is 1. The summed E-state index contributed by atoms with van der Waals surface area (Å²) in [6.45, 7) is 3.40. The molecule has 2 atom stereocenters. The van der Waals surface area contributed by atoms with Crippen molar-refractivity contribution in [2.24, 2.45) is 0 Å². The van der Waals surface area contributed by atoms with Gasteiger partial charge in [0.15, 0.2) is 0 Å². The third kappa shape index (κ3) is 4.18. The molecule has 25 heavy (non-hydrogen) atoms. The molecule has 130 valence electrons. The van der Waals surface area contributed by atoms with Crippen LogP contribution in [0, 0.1) is 0 Å². The Morgan fingerprint density at radius 2 is 1.92 bits per heavy atom. The first-order chi connectivity index (χ1) is 12.0. The van der Waals surface area contributed by atoms with E-state index in [-0.39, 0.29) is 24.0 Å². The zero-order chi connectivity index (χ0) is 17.8. The molecule has 0 aliphatic heterocycles. The van der Waals surface area contributed by atoms with E-state index in [2.05, 4.69) is 28.1 Å². The van der Waals surface area contributed by atoms with Crippen LogP contribution in [0.5, 0.6) is 0 Å². The lowest BCUT2D eigenvalue weighted by atomic mass is 10.1. The molecule has 0 saturated carbocycles. The summed E-state index contributed by atoms with van der Waals surface area (Å²) in [6.07, 6.45) is 1.93. The summed E-state index contributed by atoms with van der Waals surface area (Å²) in [4.78, 5) is 23.5. The molecule has 1 aliphatic carbocycles. The summed E-state index contributed by atoms with van der Waals surface area (Å²) in [7, 11) is 0. The zero-order valence-corrected chi connectivity index (χ0v) is 14.5. The predicted molar refractivity (Wildman–Crippen MR) is 98.3 cm³/mol. The van der Waals surface area contributed by atoms with Crippen LogP contribution in [0.4, 0.5) is 10.5 Å². The first-order valence-corrected chi connectivity index (χ1v) is 8.55. The number of aryl methyl sites for hydroxylation is 1. The molecule has 5 heteroatoms. The highest BCUT2D eigenvalue weighted by Gasteiger charge is 2.23. The standard InChI is InChI=1S/C20H23N3O2/c1-13(16-7-5-8-17(12-16)22-14(2)24)21-20(25)23-19-11-10-15-6-3-4-9-18(15)19/h3-9,12-13,19H,10-11H2,1-2H3,(H,22,24)(H2,21,23,25)/t13-,19-/m1/s1. The van der Waals surface area contributed by atoms with E-state index in [1.54, 1.807) is 0 Å². The summed E-state index contributed by atoms with van der Waals surface area (Å²) < 4.78 is 0. The molecule has 3 amide bonds. The molecule has 2 aromatic carbocycles. The van der Waals surface area contributed by atoms with Crippen molar-refractivity contribution in [3.05, 3.63) is 65.2 Å². The number of benzene rings is 2. The van der Waals surface area contributed by atoms with E-state index in [4.69, 9.17) is 0 Å². The number of hydrogen-bond acceptors (Lipinski definition) is 2. The van der Waals surface area contributed by atoms with Crippen LogP contribution in [-0.4, -0.2) is 11.9 Å². The SMILES string of the molecule is CC(=O)Nc1cccc([C@@H](C)NC(=O)N[C@@H]2CCc3ccccc32)c1. The Kier molecular flexibility index (Phi) is 5.03. The fourth-order valence-electron chi connectivity index (χ4n) is 3.28. The number of urea groups is 1. The van der Waals surface area contributed by atoms with Crippen molar-refractivity contribution in [3.8, 4) is 0 Å². The van der Waals surface area contributed by atoms with E-state index in [1.165, 1.54) is 18.1 Å². The first-order valence-electron chi connectivity index (χ1n) is 8.55. The molecule has 0 radical (unpaired) electrons. The third-order valence-corrected chi connectivity index (χ3v) is 4.49. The van der Waals surface area contributed by atoms with Crippen LogP contribution < -0.4 is 16.0 Å². The van der Waals surface area contributed by atoms with Crippen molar-refractivity contribution >= 4 is 17.6 Å². The minimum atomic E-state index is -0.181. The number of anilines is 1. The number of hydrogen-bond donors (Lipinski definition) is 3. The highest BCUT2D eigenvalue weighted by atomic mass is 16.2. The lowest BCUT2D eigenvalue weighted by molar-refractivity contribution is -0.114. The molecule has 0 bridgehead atoms. The second-order valence-corrected chi connectivity index (χ2v) is 6.44. The van der Waals surface area contributed by atoms with Crippen LogP contribution in [0.25, 0.3) is 0 Å². The number of carbonyl (C=O) groups is 2. The molecular formula is C20H23N3O2. The van der Waals surface area contributed by atoms with Gasteiger partial charge in [0, 0.05) is 12.6 Å². The van der Waals surface area contributed by atoms with Gasteiger partial charge in [-0.1, -0.05) is 36.4 Å². The molecule has 3 N–H and O–H groups in total. The molecular weight excluding hydrogens is 314 g/mol. The summed E-state index contributed by atoms with van der Waals surface area (Å²) in [5, 5.41) is 8.79. The number of amides is 3. The van der Waals surface area contributed by atoms with E-state index in [1.807, 2.05) is 43.3 Å². The van der Waals surface area contributed by atoms with Gasteiger partial charge >= 0.3 is 6.03 Å². The molecule has 2 aromatic rings. The Balaban J connectivity index is 1.61. The molecule has 5 nitrogen and oxygen atoms in total. The summed E-state index contributed by atoms with van der Waals surface area (Å²) in [5.41, 5.74) is 4.18. The highest BCUT2D eigenvalue weighted by molar-refractivity contribution is 5.88. The van der Waals surface area contributed by atoms with Crippen molar-refractivity contribution in [1.82, 2.24) is 10.6 Å². The molecule has 0 unspecified atom stereocenters. The Bertz CT molecular complexity index is 788. The van der Waals surface area contributed by atoms with Gasteiger partial charge in [-0.15, -0.1) is 0 Å². The lowest BCUT2D eigenvalue weighted by Gasteiger charge is -2.19. The van der Waals surface area contributed by atoms with Crippen LogP contribution in [0.1, 0.15) is 49.0 Å². The topological polar surface area (TPSA) is 70.2 Å². The quantitative estimate of drug-likeness (QED) is 0.796. The van der Waals surface area contributed by atoms with E-state index >= 15 is 0 Å². The van der Waals surface area contributed by atoms with Gasteiger partial charge in [0.05, 0.1) is 12.1 Å². The number of rotatable bonds is 4. The third-order valence-electron chi connectivity index (χ3n) is 4.49. The van der Waals surface area contributed by atoms with Gasteiger partial charge in [-0.3, -0.25) is 4.79 Å². The number of nitrogens with one attached hydrogen (secondary N) is 3. The fourth-order valence-corrected chi connectivity index (χ4v) is 3.28. The van der Waals surface area contributed by atoms with Crippen molar-refractivity contribution in [2.45, 2.75) is 38.8 Å². The monoisotopic (exact) mass is 337 g/mol. The molecule has 1 aliphatic rings. The second kappa shape index (κ2) is 7.38. The molecule has 3 rings (SSSR count). The molecule has 0 heterocycles. The van der Waals surface area contributed by atoms with Gasteiger partial charge in [-0.05, 0) is 48.6 Å². The lowest BCUT2D eigenvalue weighted by Crippen LogP contribution is -2.38. The maximum Gasteiger partial charge on any atom is 0.315 e. The van der Waals surface area contributed by atoms with Gasteiger partial charge in [0.2, 0.25) is 5.91 Å². The maximum absolute atomic E-state index is 12.4. The first kappa shape index (κ1) is 17.0. The summed E-state index contributed by atoms with van der Waals surface area (Å²) in [6, 6.07) is 15.4. The van der Waals surface area contributed by atoms with Crippen LogP contribution in [-0.2, 0) is 11.2 Å². The van der Waals surface area contributed by atoms with Gasteiger partial charge in [-0.25, -0.2) is 4.79 Å². The van der Waals surface area contributed by atoms with Crippen LogP contribution in [0.15, 0.2) is 48.5 Å². The van der Waals surface area contributed by atoms with Crippen LogP contribution >= 0.6 is 0 Å². The van der Waals surface area contributed by atoms with E-state index in [0.29, 0.717) is 0 Å². The van der Waals surface area contributed by atoms with E-state index in [9.17, 15) is 9.59 Å². The summed E-state index contributed by atoms with van der Waals surface area (Å²) in [5.74, 6) is -0.115.